The number of ether oxygens (including phenoxy) is 1. The summed E-state index contributed by atoms with van der Waals surface area (Å²) in [7, 11) is 0. The van der Waals surface area contributed by atoms with E-state index in [1.54, 1.807) is 0 Å². The molecule has 0 bridgehead atoms. The molecule has 0 radical (unpaired) electrons. The summed E-state index contributed by atoms with van der Waals surface area (Å²) in [4.78, 5) is 0. The van der Waals surface area contributed by atoms with Crippen LogP contribution >= 0.6 is 0 Å². The monoisotopic (exact) mass is 281 g/mol. The first-order valence-electron chi connectivity index (χ1n) is 7.43. The molecule has 4 rings (SSSR count). The van der Waals surface area contributed by atoms with E-state index in [0.717, 1.165) is 18.7 Å². The maximum Gasteiger partial charge on any atom is 0.0584 e. The second-order valence-electron chi connectivity index (χ2n) is 6.21. The molecule has 0 spiro atoms. The Morgan fingerprint density at radius 3 is 2.62 bits per heavy atom. The molecule has 2 aromatic rings. The van der Waals surface area contributed by atoms with Crippen molar-refractivity contribution < 1.29 is 9.84 Å². The van der Waals surface area contributed by atoms with Crippen LogP contribution in [0.5, 0.6) is 0 Å². The van der Waals surface area contributed by atoms with Crippen LogP contribution in [0.25, 0.3) is 11.1 Å². The van der Waals surface area contributed by atoms with Crippen LogP contribution < -0.4 is 5.32 Å². The average molecular weight is 281 g/mol. The van der Waals surface area contributed by atoms with Crippen LogP contribution in [0.2, 0.25) is 0 Å². The molecular weight excluding hydrogens is 262 g/mol. The van der Waals surface area contributed by atoms with Gasteiger partial charge in [-0.25, -0.2) is 0 Å². The SMILES string of the molecule is OCC1(CNc2ccc3c(c2)Cc2ccccc2-3)COC1. The van der Waals surface area contributed by atoms with Crippen molar-refractivity contribution >= 4 is 5.69 Å². The van der Waals surface area contributed by atoms with Crippen LogP contribution in [-0.2, 0) is 11.2 Å². The minimum atomic E-state index is -0.0953. The maximum absolute atomic E-state index is 9.47. The predicted molar refractivity (Wildman–Crippen MR) is 83.5 cm³/mol. The van der Waals surface area contributed by atoms with E-state index >= 15 is 0 Å². The molecule has 0 saturated carbocycles. The van der Waals surface area contributed by atoms with E-state index in [-0.39, 0.29) is 12.0 Å². The van der Waals surface area contributed by atoms with Gasteiger partial charge in [0, 0.05) is 12.2 Å². The highest BCUT2D eigenvalue weighted by molar-refractivity contribution is 5.78. The Kier molecular flexibility index (Phi) is 2.98. The van der Waals surface area contributed by atoms with E-state index < -0.39 is 0 Å². The lowest BCUT2D eigenvalue weighted by molar-refractivity contribution is -0.128. The standard InChI is InChI=1S/C18H19NO2/c20-10-18(11-21-12-18)9-19-15-5-6-17-14(8-15)7-13-3-1-2-4-16(13)17/h1-6,8,19-20H,7,9-12H2. The van der Waals surface area contributed by atoms with E-state index in [4.69, 9.17) is 4.74 Å². The lowest BCUT2D eigenvalue weighted by Crippen LogP contribution is -2.50. The first-order chi connectivity index (χ1) is 10.3. The minimum absolute atomic E-state index is 0.0953. The summed E-state index contributed by atoms with van der Waals surface area (Å²) in [5.41, 5.74) is 6.52. The van der Waals surface area contributed by atoms with Gasteiger partial charge in [0.25, 0.3) is 0 Å². The van der Waals surface area contributed by atoms with Crippen LogP contribution in [0, 0.1) is 5.41 Å². The summed E-state index contributed by atoms with van der Waals surface area (Å²) in [6, 6.07) is 15.2. The van der Waals surface area contributed by atoms with Gasteiger partial charge in [-0.3, -0.25) is 0 Å². The van der Waals surface area contributed by atoms with Crippen molar-refractivity contribution in [3.63, 3.8) is 0 Å². The zero-order valence-electron chi connectivity index (χ0n) is 11.9. The van der Waals surface area contributed by atoms with Crippen molar-refractivity contribution in [1.29, 1.82) is 0 Å². The van der Waals surface area contributed by atoms with Gasteiger partial charge < -0.3 is 15.2 Å². The number of benzene rings is 2. The van der Waals surface area contributed by atoms with Crippen LogP contribution in [0.3, 0.4) is 0 Å². The fourth-order valence-corrected chi connectivity index (χ4v) is 3.18. The minimum Gasteiger partial charge on any atom is -0.396 e. The number of rotatable bonds is 4. The summed E-state index contributed by atoms with van der Waals surface area (Å²) < 4.78 is 5.23. The van der Waals surface area contributed by atoms with Gasteiger partial charge in [0.2, 0.25) is 0 Å². The third-order valence-corrected chi connectivity index (χ3v) is 4.61. The van der Waals surface area contributed by atoms with Crippen molar-refractivity contribution in [2.45, 2.75) is 6.42 Å². The molecule has 0 atom stereocenters. The third kappa shape index (κ3) is 2.13. The van der Waals surface area contributed by atoms with E-state index in [0.29, 0.717) is 13.2 Å². The van der Waals surface area contributed by atoms with Crippen molar-refractivity contribution in [2.24, 2.45) is 5.41 Å². The van der Waals surface area contributed by atoms with Crippen molar-refractivity contribution in [3.8, 4) is 11.1 Å². The summed E-state index contributed by atoms with van der Waals surface area (Å²) in [6.45, 7) is 2.23. The highest BCUT2D eigenvalue weighted by Crippen LogP contribution is 2.37. The van der Waals surface area contributed by atoms with Gasteiger partial charge >= 0.3 is 0 Å². The third-order valence-electron chi connectivity index (χ3n) is 4.61. The molecular formula is C18H19NO2. The molecule has 0 unspecified atom stereocenters. The average Bonchev–Trinajstić information content (AvgIpc) is 2.84. The number of nitrogens with one attached hydrogen (secondary N) is 1. The van der Waals surface area contributed by atoms with E-state index in [2.05, 4.69) is 47.8 Å². The highest BCUT2D eigenvalue weighted by atomic mass is 16.5. The smallest absolute Gasteiger partial charge is 0.0584 e. The topological polar surface area (TPSA) is 41.5 Å². The number of aliphatic hydroxyl groups excluding tert-OH is 1. The molecule has 1 aliphatic heterocycles. The molecule has 2 aromatic carbocycles. The molecule has 1 heterocycles. The van der Waals surface area contributed by atoms with Gasteiger partial charge in [0.1, 0.15) is 0 Å². The number of hydrogen-bond donors (Lipinski definition) is 2. The molecule has 21 heavy (non-hydrogen) atoms. The van der Waals surface area contributed by atoms with Crippen LogP contribution in [0.4, 0.5) is 5.69 Å². The second-order valence-corrected chi connectivity index (χ2v) is 6.21. The number of aliphatic hydroxyl groups is 1. The Bertz CT molecular complexity index is 671. The second kappa shape index (κ2) is 4.86. The van der Waals surface area contributed by atoms with Crippen molar-refractivity contribution in [2.75, 3.05) is 31.7 Å². The quantitative estimate of drug-likeness (QED) is 0.772. The van der Waals surface area contributed by atoms with Gasteiger partial charge in [-0.2, -0.15) is 0 Å². The summed E-state index contributed by atoms with van der Waals surface area (Å²) in [5, 5.41) is 12.9. The Hall–Kier alpha value is -1.84. The maximum atomic E-state index is 9.47. The zero-order valence-corrected chi connectivity index (χ0v) is 11.9. The van der Waals surface area contributed by atoms with Gasteiger partial charge in [-0.15, -0.1) is 0 Å². The molecule has 1 aliphatic carbocycles. The Morgan fingerprint density at radius 2 is 1.86 bits per heavy atom. The molecule has 3 nitrogen and oxygen atoms in total. The number of fused-ring (bicyclic) bond motifs is 3. The molecule has 1 saturated heterocycles. The van der Waals surface area contributed by atoms with Crippen LogP contribution in [-0.4, -0.2) is 31.5 Å². The van der Waals surface area contributed by atoms with Gasteiger partial charge in [0.05, 0.1) is 25.2 Å². The number of hydrogen-bond acceptors (Lipinski definition) is 3. The van der Waals surface area contributed by atoms with E-state index in [1.165, 1.54) is 22.3 Å². The lowest BCUT2D eigenvalue weighted by Gasteiger charge is -2.40. The highest BCUT2D eigenvalue weighted by Gasteiger charge is 2.37. The van der Waals surface area contributed by atoms with Gasteiger partial charge in [-0.05, 0) is 40.8 Å². The Labute approximate surface area is 124 Å². The number of anilines is 1. The normalized spacial score (nSPS) is 17.8. The fourth-order valence-electron chi connectivity index (χ4n) is 3.18. The fraction of sp³-hybridized carbons (Fsp3) is 0.333. The van der Waals surface area contributed by atoms with Crippen LogP contribution in [0.1, 0.15) is 11.1 Å². The molecule has 3 heteroatoms. The first-order valence-corrected chi connectivity index (χ1v) is 7.43. The molecule has 1 fully saturated rings. The van der Waals surface area contributed by atoms with Crippen molar-refractivity contribution in [3.05, 3.63) is 53.6 Å². The van der Waals surface area contributed by atoms with E-state index in [1.807, 2.05) is 0 Å². The molecule has 2 aliphatic rings. The lowest BCUT2D eigenvalue weighted by atomic mass is 9.87. The molecule has 2 N–H and O–H groups in total. The van der Waals surface area contributed by atoms with E-state index in [9.17, 15) is 5.11 Å². The zero-order chi connectivity index (χ0) is 14.3. The summed E-state index contributed by atoms with van der Waals surface area (Å²) in [5.74, 6) is 0. The predicted octanol–water partition coefficient (Wildman–Crippen LogP) is 2.68. The molecule has 0 amide bonds. The summed E-state index contributed by atoms with van der Waals surface area (Å²) in [6.07, 6.45) is 1.01. The Morgan fingerprint density at radius 1 is 1.05 bits per heavy atom. The Balaban J connectivity index is 1.53. The molecule has 108 valence electrons. The van der Waals surface area contributed by atoms with Gasteiger partial charge in [-0.1, -0.05) is 30.3 Å². The van der Waals surface area contributed by atoms with Gasteiger partial charge in [0.15, 0.2) is 0 Å². The van der Waals surface area contributed by atoms with Crippen LogP contribution in [0.15, 0.2) is 42.5 Å². The molecule has 0 aromatic heterocycles. The largest absolute Gasteiger partial charge is 0.396 e. The van der Waals surface area contributed by atoms with Crippen molar-refractivity contribution in [1.82, 2.24) is 0 Å². The first kappa shape index (κ1) is 12.9. The summed E-state index contributed by atoms with van der Waals surface area (Å²) >= 11 is 0.